The molecule has 0 aliphatic heterocycles. The second-order valence-electron chi connectivity index (χ2n) is 7.54. The molecule has 33 heavy (non-hydrogen) atoms. The molecule has 0 aliphatic rings. The molecule has 3 aromatic heterocycles. The van der Waals surface area contributed by atoms with Crippen molar-refractivity contribution in [2.24, 2.45) is 0 Å². The molecule has 5 rings (SSSR count). The molecule has 0 saturated carbocycles. The Kier molecular flexibility index (Phi) is 5.32. The van der Waals surface area contributed by atoms with Crippen molar-refractivity contribution in [3.05, 3.63) is 104 Å². The van der Waals surface area contributed by atoms with E-state index in [0.717, 1.165) is 33.2 Å². The van der Waals surface area contributed by atoms with Crippen LogP contribution in [-0.2, 0) is 10.0 Å². The van der Waals surface area contributed by atoms with Crippen LogP contribution in [0.25, 0.3) is 33.2 Å². The Morgan fingerprint density at radius 2 is 1.52 bits per heavy atom. The number of benzene rings is 2. The summed E-state index contributed by atoms with van der Waals surface area (Å²) in [6.45, 7) is 0. The summed E-state index contributed by atoms with van der Waals surface area (Å²) >= 11 is 0. The van der Waals surface area contributed by atoms with E-state index in [1.807, 2.05) is 36.4 Å². The Balaban J connectivity index is 1.57. The van der Waals surface area contributed by atoms with Gasteiger partial charge in [0.25, 0.3) is 10.0 Å². The first kappa shape index (κ1) is 20.8. The number of rotatable bonds is 5. The van der Waals surface area contributed by atoms with Gasteiger partial charge in [0.1, 0.15) is 0 Å². The zero-order chi connectivity index (χ0) is 22.8. The fraction of sp³-hybridized carbons (Fsp3) is 0.0385. The molecule has 6 nitrogen and oxygen atoms in total. The van der Waals surface area contributed by atoms with Crippen LogP contribution >= 0.6 is 0 Å². The van der Waals surface area contributed by atoms with E-state index < -0.39 is 10.0 Å². The number of sulfonamides is 1. The fourth-order valence-electron chi connectivity index (χ4n) is 3.76. The Hall–Kier alpha value is -4.10. The van der Waals surface area contributed by atoms with Crippen molar-refractivity contribution in [1.29, 1.82) is 0 Å². The van der Waals surface area contributed by atoms with Gasteiger partial charge in [0.15, 0.2) is 0 Å². The maximum absolute atomic E-state index is 13.0. The summed E-state index contributed by atoms with van der Waals surface area (Å²) in [5.41, 5.74) is 5.20. The molecule has 0 N–H and O–H groups in total. The Labute approximate surface area is 192 Å². The van der Waals surface area contributed by atoms with Crippen molar-refractivity contribution in [3.63, 3.8) is 0 Å². The molecule has 0 bridgehead atoms. The average Bonchev–Trinajstić information content (AvgIpc) is 2.88. The number of hydrogen-bond acceptors (Lipinski definition) is 5. The van der Waals surface area contributed by atoms with E-state index in [4.69, 9.17) is 0 Å². The van der Waals surface area contributed by atoms with Crippen LogP contribution in [0.2, 0.25) is 0 Å². The highest BCUT2D eigenvalue weighted by Crippen LogP contribution is 2.32. The van der Waals surface area contributed by atoms with Crippen LogP contribution in [0.3, 0.4) is 0 Å². The lowest BCUT2D eigenvalue weighted by Gasteiger charge is -2.20. The Morgan fingerprint density at radius 3 is 2.30 bits per heavy atom. The second-order valence-corrected chi connectivity index (χ2v) is 9.51. The van der Waals surface area contributed by atoms with E-state index in [2.05, 4.69) is 21.0 Å². The molecule has 162 valence electrons. The molecule has 0 fully saturated rings. The van der Waals surface area contributed by atoms with Gasteiger partial charge in [-0.3, -0.25) is 19.3 Å². The number of hydrogen-bond donors (Lipinski definition) is 0. The monoisotopic (exact) mass is 452 g/mol. The summed E-state index contributed by atoms with van der Waals surface area (Å²) in [6.07, 6.45) is 8.61. The first-order chi connectivity index (χ1) is 16.0. The summed E-state index contributed by atoms with van der Waals surface area (Å²) in [4.78, 5) is 13.2. The van der Waals surface area contributed by atoms with E-state index in [-0.39, 0.29) is 4.90 Å². The largest absolute Gasteiger partial charge is 0.268 e. The van der Waals surface area contributed by atoms with E-state index >= 15 is 0 Å². The van der Waals surface area contributed by atoms with Crippen LogP contribution in [0.1, 0.15) is 0 Å². The minimum atomic E-state index is -3.69. The first-order valence-corrected chi connectivity index (χ1v) is 11.8. The van der Waals surface area contributed by atoms with Crippen molar-refractivity contribution in [2.75, 3.05) is 11.4 Å². The molecule has 0 aliphatic carbocycles. The normalized spacial score (nSPS) is 11.4. The van der Waals surface area contributed by atoms with Crippen molar-refractivity contribution in [1.82, 2.24) is 15.0 Å². The van der Waals surface area contributed by atoms with Gasteiger partial charge in [-0.1, -0.05) is 24.3 Å². The van der Waals surface area contributed by atoms with E-state index in [0.29, 0.717) is 5.69 Å². The lowest BCUT2D eigenvalue weighted by Crippen LogP contribution is -2.26. The van der Waals surface area contributed by atoms with Gasteiger partial charge in [-0.15, -0.1) is 0 Å². The molecule has 3 heterocycles. The van der Waals surface area contributed by atoms with Gasteiger partial charge in [-0.2, -0.15) is 0 Å². The minimum absolute atomic E-state index is 0.233. The molecule has 0 spiro atoms. The highest BCUT2D eigenvalue weighted by molar-refractivity contribution is 7.92. The van der Waals surface area contributed by atoms with Crippen LogP contribution in [0.5, 0.6) is 0 Å². The Bertz CT molecular complexity index is 1540. The highest BCUT2D eigenvalue weighted by atomic mass is 32.2. The molecular weight excluding hydrogens is 432 g/mol. The SMILES string of the molecule is CN(c1cncc(-c2ccc3nccc(-c4ccncc4)c3c2)c1)S(=O)(=O)c1ccccc1. The maximum Gasteiger partial charge on any atom is 0.264 e. The van der Waals surface area contributed by atoms with Gasteiger partial charge in [0, 0.05) is 42.8 Å². The van der Waals surface area contributed by atoms with Crippen LogP contribution in [-0.4, -0.2) is 30.4 Å². The van der Waals surface area contributed by atoms with Crippen LogP contribution < -0.4 is 4.31 Å². The number of aromatic nitrogens is 3. The lowest BCUT2D eigenvalue weighted by atomic mass is 9.98. The predicted octanol–water partition coefficient (Wildman–Crippen LogP) is 5.18. The van der Waals surface area contributed by atoms with Crippen LogP contribution in [0.4, 0.5) is 5.69 Å². The molecule has 7 heteroatoms. The van der Waals surface area contributed by atoms with Crippen molar-refractivity contribution in [2.45, 2.75) is 4.90 Å². The molecule has 0 radical (unpaired) electrons. The van der Waals surface area contributed by atoms with Gasteiger partial charge < -0.3 is 0 Å². The number of pyridine rings is 3. The molecule has 0 atom stereocenters. The zero-order valence-electron chi connectivity index (χ0n) is 17.8. The Morgan fingerprint density at radius 1 is 0.727 bits per heavy atom. The first-order valence-electron chi connectivity index (χ1n) is 10.3. The third-order valence-corrected chi connectivity index (χ3v) is 7.36. The lowest BCUT2D eigenvalue weighted by molar-refractivity contribution is 0.594. The highest BCUT2D eigenvalue weighted by Gasteiger charge is 2.21. The molecule has 0 saturated heterocycles. The molecule has 0 unspecified atom stereocenters. The topological polar surface area (TPSA) is 76.1 Å². The van der Waals surface area contributed by atoms with Gasteiger partial charge in [0.2, 0.25) is 0 Å². The minimum Gasteiger partial charge on any atom is -0.268 e. The summed E-state index contributed by atoms with van der Waals surface area (Å²) in [5.74, 6) is 0. The van der Waals surface area contributed by atoms with Gasteiger partial charge in [0.05, 0.1) is 22.3 Å². The number of fused-ring (bicyclic) bond motifs is 1. The molecule has 0 amide bonds. The maximum atomic E-state index is 13.0. The standard InChI is InChI=1S/C26H20N4O2S/c1-30(33(31,32)23-5-3-2-4-6-23)22-15-21(17-28-18-22)20-7-8-26-25(16-20)24(11-14-29-26)19-9-12-27-13-10-19/h2-18H,1H3. The molecular formula is C26H20N4O2S. The zero-order valence-corrected chi connectivity index (χ0v) is 18.6. The van der Waals surface area contributed by atoms with Gasteiger partial charge >= 0.3 is 0 Å². The second kappa shape index (κ2) is 8.44. The van der Waals surface area contributed by atoms with E-state index in [1.165, 1.54) is 11.4 Å². The van der Waals surface area contributed by atoms with Gasteiger partial charge in [-0.05, 0) is 65.2 Å². The van der Waals surface area contributed by atoms with Crippen molar-refractivity contribution < 1.29 is 8.42 Å². The average molecular weight is 453 g/mol. The van der Waals surface area contributed by atoms with Crippen molar-refractivity contribution in [3.8, 4) is 22.3 Å². The number of anilines is 1. The van der Waals surface area contributed by atoms with Crippen molar-refractivity contribution >= 4 is 26.6 Å². The predicted molar refractivity (Wildman–Crippen MR) is 130 cm³/mol. The summed E-state index contributed by atoms with van der Waals surface area (Å²) in [6, 6.07) is 22.1. The van der Waals surface area contributed by atoms with E-state index in [1.54, 1.807) is 61.3 Å². The molecule has 5 aromatic rings. The quantitative estimate of drug-likeness (QED) is 0.367. The van der Waals surface area contributed by atoms with Gasteiger partial charge in [-0.25, -0.2) is 8.42 Å². The third-order valence-electron chi connectivity index (χ3n) is 5.56. The third kappa shape index (κ3) is 3.94. The summed E-state index contributed by atoms with van der Waals surface area (Å²) in [5, 5.41) is 0.997. The summed E-state index contributed by atoms with van der Waals surface area (Å²) in [7, 11) is -2.15. The van der Waals surface area contributed by atoms with E-state index in [9.17, 15) is 8.42 Å². The van der Waals surface area contributed by atoms with Crippen LogP contribution in [0, 0.1) is 0 Å². The number of nitrogens with zero attached hydrogens (tertiary/aromatic N) is 4. The summed E-state index contributed by atoms with van der Waals surface area (Å²) < 4.78 is 27.3. The molecule has 2 aromatic carbocycles. The fourth-order valence-corrected chi connectivity index (χ4v) is 4.95. The smallest absolute Gasteiger partial charge is 0.264 e. The van der Waals surface area contributed by atoms with Crippen LogP contribution in [0.15, 0.2) is 109 Å².